The molecule has 0 aliphatic rings. The van der Waals surface area contributed by atoms with Crippen molar-refractivity contribution < 1.29 is 15.0 Å². The maximum atomic E-state index is 12.5. The molecule has 0 saturated heterocycles. The van der Waals surface area contributed by atoms with Gasteiger partial charge in [0.25, 0.3) is 0 Å². The molecule has 0 rings (SSSR count). The van der Waals surface area contributed by atoms with Gasteiger partial charge in [0.2, 0.25) is 5.91 Å². The number of allylic oxidation sites excluding steroid dienone is 7. The van der Waals surface area contributed by atoms with E-state index >= 15 is 0 Å². The van der Waals surface area contributed by atoms with E-state index in [9.17, 15) is 15.0 Å². The molecule has 478 valence electrons. The van der Waals surface area contributed by atoms with E-state index in [1.165, 1.54) is 360 Å². The van der Waals surface area contributed by atoms with Gasteiger partial charge in [-0.15, -0.1) is 0 Å². The van der Waals surface area contributed by atoms with Crippen molar-refractivity contribution in [1.29, 1.82) is 0 Å². The molecule has 0 heterocycles. The number of carbonyl (C=O) groups excluding carboxylic acids is 1. The maximum Gasteiger partial charge on any atom is 0.220 e. The third-order valence-corrected chi connectivity index (χ3v) is 17.5. The SMILES string of the molecule is CCCCCCC/C=C\C/C=C\CCCCCCCCCCCCCCCCCCCCCCCCCCCCCCCC(=O)NC(CO)C(O)/C=C/CC/C=C/CCCCCCCCCCCCCCCCCCCCCCCC. The van der Waals surface area contributed by atoms with Crippen LogP contribution in [-0.4, -0.2) is 34.9 Å². The fourth-order valence-corrected chi connectivity index (χ4v) is 11.9. The summed E-state index contributed by atoms with van der Waals surface area (Å²) in [6, 6.07) is -0.640. The summed E-state index contributed by atoms with van der Waals surface area (Å²) in [6.45, 7) is 4.33. The van der Waals surface area contributed by atoms with Crippen molar-refractivity contribution in [1.82, 2.24) is 5.32 Å². The number of aliphatic hydroxyl groups excluding tert-OH is 2. The van der Waals surface area contributed by atoms with Crippen molar-refractivity contribution in [2.75, 3.05) is 6.61 Å². The number of carbonyl (C=O) groups is 1. The Kier molecular flexibility index (Phi) is 71.1. The Morgan fingerprint density at radius 1 is 0.296 bits per heavy atom. The molecule has 0 fully saturated rings. The van der Waals surface area contributed by atoms with Gasteiger partial charge in [-0.3, -0.25) is 4.79 Å². The van der Waals surface area contributed by atoms with E-state index in [0.29, 0.717) is 6.42 Å². The molecule has 0 bridgehead atoms. The van der Waals surface area contributed by atoms with Gasteiger partial charge in [0, 0.05) is 6.42 Å². The Morgan fingerprint density at radius 2 is 0.519 bits per heavy atom. The number of amides is 1. The van der Waals surface area contributed by atoms with Gasteiger partial charge >= 0.3 is 0 Å². The van der Waals surface area contributed by atoms with E-state index in [2.05, 4.69) is 55.6 Å². The highest BCUT2D eigenvalue weighted by Crippen LogP contribution is 2.19. The van der Waals surface area contributed by atoms with Gasteiger partial charge < -0.3 is 15.5 Å². The Hall–Kier alpha value is -1.65. The summed E-state index contributed by atoms with van der Waals surface area (Å²) >= 11 is 0. The standard InChI is InChI=1S/C77H147NO3/c1-3-5-7-9-11-13-15-17-19-21-23-25-27-29-31-33-34-35-36-37-38-39-40-41-42-43-44-45-47-49-51-53-55-57-59-61-63-65-67-69-71-73-77(81)78-75(74-79)76(80)72-70-68-66-64-62-60-58-56-54-52-50-48-46-32-30-28-26-24-22-20-18-16-14-12-10-8-6-4-2/h15,17,21,23,62,64,70,72,75-76,79-80H,3-14,16,18-20,22,24-61,63,65-69,71,73-74H2,1-2H3,(H,78,81)/b17-15-,23-21-,64-62+,72-70+. The van der Waals surface area contributed by atoms with Crippen molar-refractivity contribution in [2.45, 2.75) is 431 Å². The van der Waals surface area contributed by atoms with Crippen LogP contribution in [-0.2, 0) is 4.79 Å². The van der Waals surface area contributed by atoms with Crippen LogP contribution in [0.2, 0.25) is 0 Å². The van der Waals surface area contributed by atoms with E-state index < -0.39 is 12.1 Å². The van der Waals surface area contributed by atoms with Gasteiger partial charge in [-0.1, -0.05) is 396 Å². The van der Waals surface area contributed by atoms with Crippen LogP contribution in [0, 0.1) is 0 Å². The molecule has 0 aliphatic carbocycles. The molecule has 3 N–H and O–H groups in total. The van der Waals surface area contributed by atoms with E-state index in [0.717, 1.165) is 38.5 Å². The van der Waals surface area contributed by atoms with Crippen LogP contribution in [0.1, 0.15) is 418 Å². The lowest BCUT2D eigenvalue weighted by molar-refractivity contribution is -0.123. The third kappa shape index (κ3) is 69.0. The minimum atomic E-state index is -0.863. The first-order valence-corrected chi connectivity index (χ1v) is 37.4. The summed E-state index contributed by atoms with van der Waals surface area (Å²) in [4.78, 5) is 12.5. The summed E-state index contributed by atoms with van der Waals surface area (Å²) in [5.74, 6) is -0.0650. The van der Waals surface area contributed by atoms with Crippen LogP contribution in [0.5, 0.6) is 0 Å². The summed E-state index contributed by atoms with van der Waals surface area (Å²) < 4.78 is 0. The number of hydrogen-bond acceptors (Lipinski definition) is 3. The second kappa shape index (κ2) is 72.6. The molecule has 4 nitrogen and oxygen atoms in total. The molecule has 0 aromatic heterocycles. The number of hydrogen-bond donors (Lipinski definition) is 3. The molecule has 0 saturated carbocycles. The molecule has 4 heteroatoms. The van der Waals surface area contributed by atoms with Crippen LogP contribution in [0.15, 0.2) is 48.6 Å². The molecule has 1 amide bonds. The van der Waals surface area contributed by atoms with Gasteiger partial charge in [-0.05, 0) is 64.2 Å². The fraction of sp³-hybridized carbons (Fsp3) is 0.883. The van der Waals surface area contributed by atoms with Crippen molar-refractivity contribution in [2.24, 2.45) is 0 Å². The molecular weight excluding hydrogens is 987 g/mol. The van der Waals surface area contributed by atoms with Gasteiger partial charge in [0.15, 0.2) is 0 Å². The zero-order valence-electron chi connectivity index (χ0n) is 55.3. The zero-order chi connectivity index (χ0) is 58.4. The molecular formula is C77H147NO3. The Balaban J connectivity index is 3.41. The maximum absolute atomic E-state index is 12.5. The van der Waals surface area contributed by atoms with Crippen LogP contribution < -0.4 is 5.32 Å². The lowest BCUT2D eigenvalue weighted by Gasteiger charge is -2.19. The second-order valence-corrected chi connectivity index (χ2v) is 25.7. The summed E-state index contributed by atoms with van der Waals surface area (Å²) in [6.07, 6.45) is 102. The van der Waals surface area contributed by atoms with Crippen LogP contribution in [0.3, 0.4) is 0 Å². The molecule has 0 aliphatic heterocycles. The highest BCUT2D eigenvalue weighted by Gasteiger charge is 2.18. The minimum Gasteiger partial charge on any atom is -0.394 e. The first kappa shape index (κ1) is 79.3. The van der Waals surface area contributed by atoms with Gasteiger partial charge in [-0.25, -0.2) is 0 Å². The lowest BCUT2D eigenvalue weighted by Crippen LogP contribution is -2.45. The zero-order valence-corrected chi connectivity index (χ0v) is 55.3. The van der Waals surface area contributed by atoms with Gasteiger partial charge in [0.05, 0.1) is 18.8 Å². The van der Waals surface area contributed by atoms with E-state index in [1.54, 1.807) is 6.08 Å². The quantitative estimate of drug-likeness (QED) is 0.0420. The predicted molar refractivity (Wildman–Crippen MR) is 364 cm³/mol. The molecule has 0 aromatic rings. The smallest absolute Gasteiger partial charge is 0.220 e. The lowest BCUT2D eigenvalue weighted by atomic mass is 10.0. The largest absolute Gasteiger partial charge is 0.394 e. The highest BCUT2D eigenvalue weighted by molar-refractivity contribution is 5.76. The Bertz CT molecular complexity index is 1290. The van der Waals surface area contributed by atoms with Crippen LogP contribution >= 0.6 is 0 Å². The molecule has 2 atom stereocenters. The first-order chi connectivity index (χ1) is 40.2. The van der Waals surface area contributed by atoms with E-state index in [-0.39, 0.29) is 12.5 Å². The van der Waals surface area contributed by atoms with E-state index in [1.807, 2.05) is 6.08 Å². The molecule has 0 spiro atoms. The number of rotatable bonds is 70. The molecule has 2 unspecified atom stereocenters. The van der Waals surface area contributed by atoms with Crippen molar-refractivity contribution in [3.05, 3.63) is 48.6 Å². The number of nitrogens with one attached hydrogen (secondary N) is 1. The first-order valence-electron chi connectivity index (χ1n) is 37.4. The van der Waals surface area contributed by atoms with Crippen molar-refractivity contribution >= 4 is 5.91 Å². The van der Waals surface area contributed by atoms with Gasteiger partial charge in [0.1, 0.15) is 0 Å². The highest BCUT2D eigenvalue weighted by atomic mass is 16.3. The Morgan fingerprint density at radius 3 is 0.790 bits per heavy atom. The fourth-order valence-electron chi connectivity index (χ4n) is 11.9. The number of aliphatic hydroxyl groups is 2. The summed E-state index contributed by atoms with van der Waals surface area (Å²) in [5.41, 5.74) is 0. The van der Waals surface area contributed by atoms with Crippen molar-refractivity contribution in [3.63, 3.8) is 0 Å². The van der Waals surface area contributed by atoms with Gasteiger partial charge in [-0.2, -0.15) is 0 Å². The average molecular weight is 1140 g/mol. The second-order valence-electron chi connectivity index (χ2n) is 25.7. The summed E-state index contributed by atoms with van der Waals surface area (Å²) in [7, 11) is 0. The number of unbranched alkanes of at least 4 members (excludes halogenated alkanes) is 57. The Labute approximate surface area is 509 Å². The monoisotopic (exact) mass is 1130 g/mol. The molecule has 0 aromatic carbocycles. The normalized spacial score (nSPS) is 12.9. The van der Waals surface area contributed by atoms with Crippen LogP contribution in [0.4, 0.5) is 0 Å². The average Bonchev–Trinajstić information content (AvgIpc) is 3.47. The topological polar surface area (TPSA) is 69.6 Å². The molecule has 81 heavy (non-hydrogen) atoms. The predicted octanol–water partition coefficient (Wildman–Crippen LogP) is 25.7. The third-order valence-electron chi connectivity index (χ3n) is 17.5. The summed E-state index contributed by atoms with van der Waals surface area (Å²) in [5, 5.41) is 23.3. The van der Waals surface area contributed by atoms with E-state index in [4.69, 9.17) is 0 Å². The minimum absolute atomic E-state index is 0.0650. The van der Waals surface area contributed by atoms with Crippen LogP contribution in [0.25, 0.3) is 0 Å². The molecule has 0 radical (unpaired) electrons. The van der Waals surface area contributed by atoms with Crippen molar-refractivity contribution in [3.8, 4) is 0 Å².